The van der Waals surface area contributed by atoms with Gasteiger partial charge in [-0.25, -0.2) is 0 Å². The first-order chi connectivity index (χ1) is 15.3. The third-order valence-corrected chi connectivity index (χ3v) is 5.89. The van der Waals surface area contributed by atoms with Crippen LogP contribution >= 0.6 is 0 Å². The lowest BCUT2D eigenvalue weighted by molar-refractivity contribution is 0.0899. The Morgan fingerprint density at radius 3 is 2.61 bits per heavy atom. The van der Waals surface area contributed by atoms with Crippen LogP contribution in [0.3, 0.4) is 0 Å². The molecular weight excluding hydrogens is 386 g/mol. The number of carbonyl (C=O) groups excluding carboxylic acids is 1. The van der Waals surface area contributed by atoms with E-state index in [0.717, 1.165) is 30.9 Å². The van der Waals surface area contributed by atoms with Crippen LogP contribution in [0.5, 0.6) is 0 Å². The average Bonchev–Trinajstić information content (AvgIpc) is 3.48. The predicted octanol–water partition coefficient (Wildman–Crippen LogP) is 3.69. The van der Waals surface area contributed by atoms with Crippen molar-refractivity contribution in [1.82, 2.24) is 25.0 Å². The summed E-state index contributed by atoms with van der Waals surface area (Å²) in [5.41, 5.74) is 4.85. The van der Waals surface area contributed by atoms with Crippen LogP contribution in [0.1, 0.15) is 21.6 Å². The number of nitrogens with one attached hydrogen (secondary N) is 2. The molecule has 6 heteroatoms. The molecule has 156 valence electrons. The Balaban J connectivity index is 1.31. The Hall–Kier alpha value is -3.64. The Labute approximate surface area is 181 Å². The molecule has 0 aliphatic carbocycles. The Kier molecular flexibility index (Phi) is 5.37. The minimum atomic E-state index is -0.106. The van der Waals surface area contributed by atoms with Crippen LogP contribution in [0.2, 0.25) is 0 Å². The van der Waals surface area contributed by atoms with E-state index >= 15 is 0 Å². The van der Waals surface area contributed by atoms with Gasteiger partial charge in [-0.2, -0.15) is 5.10 Å². The highest BCUT2D eigenvalue weighted by atomic mass is 16.1. The first kappa shape index (κ1) is 19.3. The molecule has 1 aliphatic heterocycles. The number of hydrogen-bond donors (Lipinski definition) is 2. The number of rotatable bonds is 6. The van der Waals surface area contributed by atoms with Crippen molar-refractivity contribution in [3.05, 3.63) is 102 Å². The van der Waals surface area contributed by atoms with Crippen LogP contribution in [-0.2, 0) is 19.6 Å². The number of hydrogen-bond acceptors (Lipinski definition) is 3. The van der Waals surface area contributed by atoms with Gasteiger partial charge in [0, 0.05) is 49.7 Å². The molecule has 1 aliphatic rings. The highest BCUT2D eigenvalue weighted by Gasteiger charge is 2.27. The summed E-state index contributed by atoms with van der Waals surface area (Å²) in [5.74, 6) is -0.106. The molecule has 1 atom stereocenters. The lowest BCUT2D eigenvalue weighted by atomic mass is 10.1. The number of benzene rings is 2. The van der Waals surface area contributed by atoms with Crippen molar-refractivity contribution in [2.45, 2.75) is 25.7 Å². The zero-order valence-electron chi connectivity index (χ0n) is 17.2. The highest BCUT2D eigenvalue weighted by Crippen LogP contribution is 2.22. The number of carbonyl (C=O) groups is 1. The van der Waals surface area contributed by atoms with Crippen LogP contribution in [-0.4, -0.2) is 38.2 Å². The van der Waals surface area contributed by atoms with Crippen molar-refractivity contribution in [1.29, 1.82) is 0 Å². The van der Waals surface area contributed by atoms with Gasteiger partial charge < -0.3 is 9.88 Å². The lowest BCUT2D eigenvalue weighted by Gasteiger charge is -2.37. The zero-order valence-corrected chi connectivity index (χ0v) is 17.2. The highest BCUT2D eigenvalue weighted by molar-refractivity contribution is 5.99. The molecule has 4 aromatic rings. The van der Waals surface area contributed by atoms with Gasteiger partial charge in [0.15, 0.2) is 0 Å². The molecule has 0 fully saturated rings. The summed E-state index contributed by atoms with van der Waals surface area (Å²) in [4.78, 5) is 15.4. The van der Waals surface area contributed by atoms with E-state index in [-0.39, 0.29) is 11.9 Å². The van der Waals surface area contributed by atoms with Crippen molar-refractivity contribution >= 4 is 5.91 Å². The van der Waals surface area contributed by atoms with Gasteiger partial charge in [0.25, 0.3) is 5.91 Å². The molecule has 1 amide bonds. The van der Waals surface area contributed by atoms with Gasteiger partial charge in [-0.05, 0) is 17.7 Å². The summed E-state index contributed by atoms with van der Waals surface area (Å²) in [7, 11) is 0. The van der Waals surface area contributed by atoms with Gasteiger partial charge in [-0.1, -0.05) is 60.7 Å². The van der Waals surface area contributed by atoms with Crippen molar-refractivity contribution in [3.63, 3.8) is 0 Å². The summed E-state index contributed by atoms with van der Waals surface area (Å²) in [5, 5.41) is 10.2. The molecular formula is C25H25N5O. The third kappa shape index (κ3) is 4.15. The average molecular weight is 412 g/mol. The molecule has 2 N–H and O–H groups in total. The molecule has 0 radical (unpaired) electrons. The molecule has 0 saturated heterocycles. The fourth-order valence-corrected chi connectivity index (χ4v) is 4.24. The fourth-order valence-electron chi connectivity index (χ4n) is 4.24. The van der Waals surface area contributed by atoms with Crippen molar-refractivity contribution < 1.29 is 4.79 Å². The molecule has 2 aromatic heterocycles. The van der Waals surface area contributed by atoms with Gasteiger partial charge in [0.1, 0.15) is 0 Å². The van der Waals surface area contributed by atoms with Crippen molar-refractivity contribution in [2.24, 2.45) is 0 Å². The van der Waals surface area contributed by atoms with Crippen LogP contribution in [0.15, 0.2) is 85.2 Å². The molecule has 5 rings (SSSR count). The van der Waals surface area contributed by atoms with E-state index in [9.17, 15) is 4.79 Å². The van der Waals surface area contributed by atoms with Crippen LogP contribution < -0.4 is 5.32 Å². The van der Waals surface area contributed by atoms with Crippen LogP contribution in [0, 0.1) is 0 Å². The normalized spacial score (nSPS) is 16.1. The molecule has 0 saturated carbocycles. The molecule has 6 nitrogen and oxygen atoms in total. The second-order valence-electron chi connectivity index (χ2n) is 7.93. The molecule has 31 heavy (non-hydrogen) atoms. The van der Waals surface area contributed by atoms with E-state index in [2.05, 4.69) is 67.6 Å². The number of fused-ring (bicyclic) bond motifs is 1. The first-order valence-corrected chi connectivity index (χ1v) is 10.6. The van der Waals surface area contributed by atoms with E-state index in [1.54, 1.807) is 6.20 Å². The Morgan fingerprint density at radius 2 is 1.81 bits per heavy atom. The SMILES string of the molecule is O=C(NCC1Cn2cccc2CN1Cc1ccccc1)c1cn[nH]c1-c1ccccc1. The summed E-state index contributed by atoms with van der Waals surface area (Å²) in [6.07, 6.45) is 3.72. The summed E-state index contributed by atoms with van der Waals surface area (Å²) < 4.78 is 2.28. The maximum atomic E-state index is 13.0. The van der Waals surface area contributed by atoms with E-state index < -0.39 is 0 Å². The molecule has 1 unspecified atom stereocenters. The van der Waals surface area contributed by atoms with Crippen LogP contribution in [0.25, 0.3) is 11.3 Å². The van der Waals surface area contributed by atoms with Gasteiger partial charge in [-0.3, -0.25) is 14.8 Å². The lowest BCUT2D eigenvalue weighted by Crippen LogP contribution is -2.48. The Morgan fingerprint density at radius 1 is 1.03 bits per heavy atom. The van der Waals surface area contributed by atoms with Crippen molar-refractivity contribution in [3.8, 4) is 11.3 Å². The zero-order chi connectivity index (χ0) is 21.0. The Bertz CT molecular complexity index is 1150. The van der Waals surface area contributed by atoms with Gasteiger partial charge in [0.05, 0.1) is 17.5 Å². The van der Waals surface area contributed by atoms with E-state index in [4.69, 9.17) is 0 Å². The minimum absolute atomic E-state index is 0.106. The number of aromatic nitrogens is 3. The maximum absolute atomic E-state index is 13.0. The molecule has 2 aromatic carbocycles. The minimum Gasteiger partial charge on any atom is -0.350 e. The van der Waals surface area contributed by atoms with E-state index in [1.807, 2.05) is 36.4 Å². The summed E-state index contributed by atoms with van der Waals surface area (Å²) in [6, 6.07) is 24.8. The van der Waals surface area contributed by atoms with Crippen molar-refractivity contribution in [2.75, 3.05) is 6.54 Å². The molecule has 0 bridgehead atoms. The smallest absolute Gasteiger partial charge is 0.255 e. The number of H-pyrrole nitrogens is 1. The van der Waals surface area contributed by atoms with Gasteiger partial charge in [0.2, 0.25) is 0 Å². The predicted molar refractivity (Wildman–Crippen MR) is 120 cm³/mol. The second kappa shape index (κ2) is 8.62. The second-order valence-corrected chi connectivity index (χ2v) is 7.93. The van der Waals surface area contributed by atoms with E-state index in [1.165, 1.54) is 11.3 Å². The molecule has 3 heterocycles. The number of amides is 1. The fraction of sp³-hybridized carbons (Fsp3) is 0.200. The summed E-state index contributed by atoms with van der Waals surface area (Å²) in [6.45, 7) is 3.14. The largest absolute Gasteiger partial charge is 0.350 e. The van der Waals surface area contributed by atoms with Crippen LogP contribution in [0.4, 0.5) is 0 Å². The van der Waals surface area contributed by atoms with E-state index in [0.29, 0.717) is 12.1 Å². The topological polar surface area (TPSA) is 66.0 Å². The number of aromatic amines is 1. The number of nitrogens with zero attached hydrogens (tertiary/aromatic N) is 3. The summed E-state index contributed by atoms with van der Waals surface area (Å²) >= 11 is 0. The monoisotopic (exact) mass is 411 g/mol. The van der Waals surface area contributed by atoms with Gasteiger partial charge >= 0.3 is 0 Å². The quantitative estimate of drug-likeness (QED) is 0.509. The first-order valence-electron chi connectivity index (χ1n) is 10.6. The third-order valence-electron chi connectivity index (χ3n) is 5.89. The van der Waals surface area contributed by atoms with Gasteiger partial charge in [-0.15, -0.1) is 0 Å². The molecule has 0 spiro atoms. The maximum Gasteiger partial charge on any atom is 0.255 e. The standard InChI is InChI=1S/C25H25N5O/c31-25(23-15-27-28-24(23)20-10-5-2-6-11-20)26-14-22-18-29-13-7-12-21(29)17-30(22)16-19-8-3-1-4-9-19/h1-13,15,22H,14,16-18H2,(H,26,31)(H,27,28).